The van der Waals surface area contributed by atoms with Crippen molar-refractivity contribution in [2.24, 2.45) is 23.2 Å². The Hall–Kier alpha value is -3.11. The molecule has 0 radical (unpaired) electrons. The summed E-state index contributed by atoms with van der Waals surface area (Å²) in [5, 5.41) is 3.38. The largest absolute Gasteiger partial charge is 0.470 e. The fourth-order valence-electron chi connectivity index (χ4n) is 6.68. The van der Waals surface area contributed by atoms with Gasteiger partial charge in [-0.15, -0.1) is 6.58 Å². The number of unbranched alkanes of at least 4 members (excludes halogenated alkanes) is 1. The molecule has 1 N–H and O–H groups in total. The maximum absolute atomic E-state index is 14.5. The van der Waals surface area contributed by atoms with Crippen LogP contribution >= 0.6 is 23.2 Å². The maximum atomic E-state index is 14.5. The van der Waals surface area contributed by atoms with E-state index >= 15 is 0 Å². The molecule has 1 aromatic carbocycles. The number of ether oxygens (including phenoxy) is 3. The molecule has 0 spiro atoms. The van der Waals surface area contributed by atoms with Crippen LogP contribution in [0.2, 0.25) is 10.2 Å². The molecular weight excluding hydrogens is 655 g/mol. The van der Waals surface area contributed by atoms with Crippen LogP contribution in [0.25, 0.3) is 11.0 Å². The first-order valence-corrected chi connectivity index (χ1v) is 17.6. The van der Waals surface area contributed by atoms with E-state index in [1.54, 1.807) is 39.0 Å². The Bertz CT molecular complexity index is 1510. The summed E-state index contributed by atoms with van der Waals surface area (Å²) in [4.78, 5) is 52.0. The van der Waals surface area contributed by atoms with Crippen molar-refractivity contribution in [3.8, 4) is 5.88 Å². The van der Waals surface area contributed by atoms with Gasteiger partial charge in [0.25, 0.3) is 5.88 Å². The molecule has 2 aliphatic rings. The van der Waals surface area contributed by atoms with E-state index in [-0.39, 0.29) is 29.6 Å². The number of halogens is 2. The van der Waals surface area contributed by atoms with Crippen LogP contribution in [0, 0.1) is 23.2 Å². The molecule has 10 nitrogen and oxygen atoms in total. The molecule has 12 heteroatoms. The van der Waals surface area contributed by atoms with Crippen LogP contribution in [0.5, 0.6) is 5.88 Å². The number of likely N-dealkylation sites (tertiary alicyclic amines) is 1. The highest BCUT2D eigenvalue weighted by atomic mass is 35.5. The fraction of sp³-hybridized carbons (Fsp3) is 0.639. The van der Waals surface area contributed by atoms with Crippen LogP contribution < -0.4 is 10.1 Å². The number of amides is 2. The van der Waals surface area contributed by atoms with E-state index in [2.05, 4.69) is 28.8 Å². The number of carbonyl (C=O) groups is 3. The molecule has 0 bridgehead atoms. The van der Waals surface area contributed by atoms with E-state index in [1.165, 1.54) is 4.90 Å². The Morgan fingerprint density at radius 1 is 1.06 bits per heavy atom. The lowest BCUT2D eigenvalue weighted by Gasteiger charge is -2.36. The maximum Gasteiger partial charge on any atom is 0.408 e. The van der Waals surface area contributed by atoms with Crippen molar-refractivity contribution in [1.82, 2.24) is 20.2 Å². The second-order valence-electron chi connectivity index (χ2n) is 15.3. The van der Waals surface area contributed by atoms with Gasteiger partial charge in [-0.25, -0.2) is 19.6 Å². The Morgan fingerprint density at radius 2 is 1.77 bits per heavy atom. The van der Waals surface area contributed by atoms with Crippen molar-refractivity contribution in [3.63, 3.8) is 0 Å². The van der Waals surface area contributed by atoms with Gasteiger partial charge in [-0.05, 0) is 88.3 Å². The van der Waals surface area contributed by atoms with Crippen molar-refractivity contribution in [1.29, 1.82) is 0 Å². The molecule has 4 rings (SSSR count). The van der Waals surface area contributed by atoms with E-state index in [9.17, 15) is 14.4 Å². The first-order valence-electron chi connectivity index (χ1n) is 16.8. The summed E-state index contributed by atoms with van der Waals surface area (Å²) >= 11 is 12.7. The average molecular weight is 706 g/mol. The number of carbonyl (C=O) groups excluding carboxylic acids is 3. The summed E-state index contributed by atoms with van der Waals surface area (Å²) in [6, 6.07) is 3.04. The smallest absolute Gasteiger partial charge is 0.408 e. The third-order valence-electron chi connectivity index (χ3n) is 9.24. The van der Waals surface area contributed by atoms with Crippen molar-refractivity contribution in [2.75, 3.05) is 6.54 Å². The lowest BCUT2D eigenvalue weighted by atomic mass is 9.85. The number of allylic oxidation sites excluding steroid dienone is 1. The van der Waals surface area contributed by atoms with Crippen molar-refractivity contribution in [2.45, 2.75) is 117 Å². The number of nitrogens with one attached hydrogen (secondary N) is 1. The van der Waals surface area contributed by atoms with Gasteiger partial charge in [-0.1, -0.05) is 63.9 Å². The first kappa shape index (κ1) is 37.7. The van der Waals surface area contributed by atoms with E-state index in [4.69, 9.17) is 37.4 Å². The molecule has 2 amide bonds. The molecule has 48 heavy (non-hydrogen) atoms. The minimum Gasteiger partial charge on any atom is -0.470 e. The molecule has 2 heterocycles. The molecule has 1 aromatic heterocycles. The van der Waals surface area contributed by atoms with Gasteiger partial charge in [-0.3, -0.25) is 4.79 Å². The van der Waals surface area contributed by atoms with Gasteiger partial charge in [-0.2, -0.15) is 0 Å². The molecule has 264 valence electrons. The Balaban J connectivity index is 1.58. The number of fused-ring (bicyclic) bond motifs is 1. The van der Waals surface area contributed by atoms with Crippen molar-refractivity contribution < 1.29 is 28.6 Å². The van der Waals surface area contributed by atoms with Gasteiger partial charge in [0.2, 0.25) is 5.91 Å². The Kier molecular flexibility index (Phi) is 11.9. The van der Waals surface area contributed by atoms with Crippen LogP contribution in [0.4, 0.5) is 4.79 Å². The molecule has 7 unspecified atom stereocenters. The monoisotopic (exact) mass is 704 g/mol. The number of benzene rings is 1. The van der Waals surface area contributed by atoms with Crippen LogP contribution in [0.1, 0.15) is 87.5 Å². The Morgan fingerprint density at radius 3 is 2.42 bits per heavy atom. The summed E-state index contributed by atoms with van der Waals surface area (Å²) in [5.41, 5.74) is -0.501. The summed E-state index contributed by atoms with van der Waals surface area (Å²) in [7, 11) is 0. The Labute approximate surface area is 294 Å². The van der Waals surface area contributed by atoms with Crippen LogP contribution in [-0.2, 0) is 19.1 Å². The predicted molar refractivity (Wildman–Crippen MR) is 187 cm³/mol. The zero-order chi connectivity index (χ0) is 35.6. The van der Waals surface area contributed by atoms with E-state index in [0.717, 1.165) is 32.1 Å². The van der Waals surface area contributed by atoms with Gasteiger partial charge in [0.05, 0.1) is 17.6 Å². The molecule has 1 saturated heterocycles. The number of hydrogen-bond donors (Lipinski definition) is 1. The summed E-state index contributed by atoms with van der Waals surface area (Å²) in [6.07, 6.45) is 4.91. The average Bonchev–Trinajstić information content (AvgIpc) is 3.49. The molecule has 1 aliphatic heterocycles. The molecule has 2 aromatic rings. The number of rotatable bonds is 10. The normalized spacial score (nSPS) is 25.1. The molecule has 2 fully saturated rings. The summed E-state index contributed by atoms with van der Waals surface area (Å²) in [6.45, 7) is 18.7. The standard InChI is InChI=1S/C36H50Cl2N4O6/c1-10-11-12-13-23-20(2)14-17-26(23)47-34(45)41-29(35(4,5)6)32(43)42-19-27(21(3)28(42)33(44)48-36(7,8)9)46-31-30(38)39-24-16-15-22(37)18-25(24)40-31/h10,15-16,18,20-21,23,26-29H,1,11-14,17,19H2,2-9H3,(H,41,45). The lowest BCUT2D eigenvalue weighted by Crippen LogP contribution is -2.58. The number of esters is 1. The SMILES string of the molecule is C=CCCCC1C(C)CCC1OC(=O)NC(C(=O)N1CC(Oc2nc3cc(Cl)ccc3nc2Cl)C(C)C1C(=O)OC(C)(C)C)C(C)(C)C. The van der Waals surface area contributed by atoms with Gasteiger partial charge in [0.1, 0.15) is 29.9 Å². The first-order chi connectivity index (χ1) is 22.4. The van der Waals surface area contributed by atoms with Crippen LogP contribution in [0.3, 0.4) is 0 Å². The fourth-order valence-corrected chi connectivity index (χ4v) is 7.03. The lowest BCUT2D eigenvalue weighted by molar-refractivity contribution is -0.165. The third-order valence-corrected chi connectivity index (χ3v) is 9.72. The van der Waals surface area contributed by atoms with Gasteiger partial charge in [0.15, 0.2) is 5.15 Å². The van der Waals surface area contributed by atoms with Crippen LogP contribution in [-0.4, -0.2) is 69.3 Å². The minimum atomic E-state index is -1.01. The number of aromatic nitrogens is 2. The van der Waals surface area contributed by atoms with Crippen LogP contribution in [0.15, 0.2) is 30.9 Å². The van der Waals surface area contributed by atoms with E-state index in [1.807, 2.05) is 33.8 Å². The second kappa shape index (κ2) is 15.2. The second-order valence-corrected chi connectivity index (χ2v) is 16.1. The minimum absolute atomic E-state index is 0.0182. The van der Waals surface area contributed by atoms with Crippen molar-refractivity contribution in [3.05, 3.63) is 41.0 Å². The predicted octanol–water partition coefficient (Wildman–Crippen LogP) is 7.78. The molecule has 1 aliphatic carbocycles. The summed E-state index contributed by atoms with van der Waals surface area (Å²) < 4.78 is 18.1. The summed E-state index contributed by atoms with van der Waals surface area (Å²) in [5.74, 6) is -0.811. The topological polar surface area (TPSA) is 120 Å². The highest BCUT2D eigenvalue weighted by molar-refractivity contribution is 6.32. The zero-order valence-corrected chi connectivity index (χ0v) is 30.9. The number of nitrogens with zero attached hydrogens (tertiary/aromatic N) is 3. The molecule has 1 saturated carbocycles. The quantitative estimate of drug-likeness (QED) is 0.151. The van der Waals surface area contributed by atoms with Crippen molar-refractivity contribution >= 4 is 52.2 Å². The number of hydrogen-bond acceptors (Lipinski definition) is 8. The van der Waals surface area contributed by atoms with E-state index < -0.39 is 53.1 Å². The highest BCUT2D eigenvalue weighted by Gasteiger charge is 2.51. The van der Waals surface area contributed by atoms with Gasteiger partial charge in [0, 0.05) is 10.9 Å². The van der Waals surface area contributed by atoms with Gasteiger partial charge >= 0.3 is 12.1 Å². The number of alkyl carbamates (subject to hydrolysis) is 1. The van der Waals surface area contributed by atoms with Gasteiger partial charge < -0.3 is 24.4 Å². The highest BCUT2D eigenvalue weighted by Crippen LogP contribution is 2.38. The molecule has 7 atom stereocenters. The molecular formula is C36H50Cl2N4O6. The third kappa shape index (κ3) is 9.11. The van der Waals surface area contributed by atoms with E-state index in [0.29, 0.717) is 22.0 Å². The zero-order valence-electron chi connectivity index (χ0n) is 29.3.